The molecule has 4 aliphatic rings. The molecule has 4 heteroatoms. The Morgan fingerprint density at radius 1 is 0.885 bits per heavy atom. The average Bonchev–Trinajstić information content (AvgIpc) is 3.21. The summed E-state index contributed by atoms with van der Waals surface area (Å²) in [6.45, 7) is 7.67. The quantitative estimate of drug-likeness (QED) is 0.765. The van der Waals surface area contributed by atoms with Gasteiger partial charge in [0.1, 0.15) is 0 Å². The molecule has 0 N–H and O–H groups in total. The van der Waals surface area contributed by atoms with E-state index in [1.807, 2.05) is 0 Å². The van der Waals surface area contributed by atoms with Crippen LogP contribution in [0.1, 0.15) is 51.9 Å². The number of likely N-dealkylation sites (tertiary alicyclic amines) is 4. The van der Waals surface area contributed by atoms with Crippen molar-refractivity contribution in [2.75, 3.05) is 54.4 Å². The molecule has 0 aromatic carbocycles. The zero-order chi connectivity index (χ0) is 18.5. The van der Waals surface area contributed by atoms with Gasteiger partial charge in [0.05, 0.1) is 0 Å². The molecule has 3 unspecified atom stereocenters. The van der Waals surface area contributed by atoms with E-state index in [0.29, 0.717) is 5.41 Å². The van der Waals surface area contributed by atoms with Gasteiger partial charge in [-0.1, -0.05) is 6.92 Å². The average molecular weight is 363 g/mol. The van der Waals surface area contributed by atoms with Crippen LogP contribution >= 0.6 is 0 Å². The van der Waals surface area contributed by atoms with Gasteiger partial charge in [0, 0.05) is 37.3 Å². The molecule has 0 aromatic heterocycles. The zero-order valence-corrected chi connectivity index (χ0v) is 18.0. The molecule has 1 spiro atoms. The van der Waals surface area contributed by atoms with Crippen LogP contribution in [0.25, 0.3) is 0 Å². The minimum Gasteiger partial charge on any atom is -0.306 e. The Morgan fingerprint density at radius 2 is 1.62 bits per heavy atom. The molecule has 0 saturated carbocycles. The monoisotopic (exact) mass is 362 g/mol. The van der Waals surface area contributed by atoms with Crippen LogP contribution in [0.3, 0.4) is 0 Å². The molecule has 0 bridgehead atoms. The standard InChI is InChI=1S/C22H42N4/c1-17-12-21(24(3)15-17)20-7-6-18(26(20)5)13-19-14-22(16-25(19)4)8-10-23(2)11-9-22/h17-21H,6-16H2,1-5H3/t17-,18-,19?,20?,21?/m1/s1. The molecular formula is C22H42N4. The smallest absolute Gasteiger partial charge is 0.0252 e. The minimum absolute atomic E-state index is 0.629. The molecule has 4 aliphatic heterocycles. The normalized spacial score (nSPS) is 43.0. The summed E-state index contributed by atoms with van der Waals surface area (Å²) >= 11 is 0. The Balaban J connectivity index is 1.34. The maximum absolute atomic E-state index is 2.78. The van der Waals surface area contributed by atoms with Crippen LogP contribution < -0.4 is 0 Å². The summed E-state index contributed by atoms with van der Waals surface area (Å²) in [6.07, 6.45) is 9.91. The van der Waals surface area contributed by atoms with Crippen molar-refractivity contribution in [1.29, 1.82) is 0 Å². The van der Waals surface area contributed by atoms with Crippen molar-refractivity contribution in [3.05, 3.63) is 0 Å². The zero-order valence-electron chi connectivity index (χ0n) is 18.0. The Labute approximate surface area is 161 Å². The lowest BCUT2D eigenvalue weighted by Gasteiger charge is -2.37. The third-order valence-electron chi connectivity index (χ3n) is 8.62. The van der Waals surface area contributed by atoms with E-state index in [4.69, 9.17) is 0 Å². The SMILES string of the molecule is C[C@@H]1CC(C2CC[C@H](CC3CC4(CCN(C)CC4)CN3C)N2C)N(C)C1. The van der Waals surface area contributed by atoms with Crippen LogP contribution in [0, 0.1) is 11.3 Å². The molecule has 0 radical (unpaired) electrons. The molecule has 5 atom stereocenters. The van der Waals surface area contributed by atoms with Gasteiger partial charge in [0.25, 0.3) is 0 Å². The number of likely N-dealkylation sites (N-methyl/N-ethyl adjacent to an activating group) is 2. The summed E-state index contributed by atoms with van der Waals surface area (Å²) in [6, 6.07) is 3.20. The summed E-state index contributed by atoms with van der Waals surface area (Å²) in [5.41, 5.74) is 0.629. The van der Waals surface area contributed by atoms with Crippen molar-refractivity contribution in [3.63, 3.8) is 0 Å². The fraction of sp³-hybridized carbons (Fsp3) is 1.00. The summed E-state index contributed by atoms with van der Waals surface area (Å²) in [5.74, 6) is 0.878. The second-order valence-electron chi connectivity index (χ2n) is 10.6. The first kappa shape index (κ1) is 19.2. The van der Waals surface area contributed by atoms with E-state index >= 15 is 0 Å². The van der Waals surface area contributed by atoms with Gasteiger partial charge in [0.15, 0.2) is 0 Å². The molecule has 26 heavy (non-hydrogen) atoms. The van der Waals surface area contributed by atoms with Gasteiger partial charge < -0.3 is 14.7 Å². The van der Waals surface area contributed by atoms with Crippen molar-refractivity contribution in [3.8, 4) is 0 Å². The first-order chi connectivity index (χ1) is 12.4. The number of hydrogen-bond donors (Lipinski definition) is 0. The lowest BCUT2D eigenvalue weighted by atomic mass is 9.76. The van der Waals surface area contributed by atoms with Crippen LogP contribution in [0.4, 0.5) is 0 Å². The molecular weight excluding hydrogens is 320 g/mol. The van der Waals surface area contributed by atoms with Crippen molar-refractivity contribution in [1.82, 2.24) is 19.6 Å². The Hall–Kier alpha value is -0.160. The van der Waals surface area contributed by atoms with E-state index < -0.39 is 0 Å². The number of rotatable bonds is 3. The van der Waals surface area contributed by atoms with Gasteiger partial charge >= 0.3 is 0 Å². The molecule has 4 rings (SSSR count). The third-order valence-corrected chi connectivity index (χ3v) is 8.62. The summed E-state index contributed by atoms with van der Waals surface area (Å²) in [7, 11) is 9.47. The van der Waals surface area contributed by atoms with Crippen LogP contribution in [0.15, 0.2) is 0 Å². The first-order valence-electron chi connectivity index (χ1n) is 11.2. The number of nitrogens with zero attached hydrogens (tertiary/aromatic N) is 4. The molecule has 0 aliphatic carbocycles. The maximum Gasteiger partial charge on any atom is 0.0252 e. The lowest BCUT2D eigenvalue weighted by molar-refractivity contribution is 0.129. The van der Waals surface area contributed by atoms with Crippen LogP contribution in [-0.4, -0.2) is 98.1 Å². The largest absolute Gasteiger partial charge is 0.306 e. The molecule has 0 amide bonds. The molecule has 150 valence electrons. The summed E-state index contributed by atoms with van der Waals surface area (Å²) in [4.78, 5) is 10.7. The molecule has 4 heterocycles. The second-order valence-corrected chi connectivity index (χ2v) is 10.6. The highest BCUT2D eigenvalue weighted by Gasteiger charge is 2.46. The van der Waals surface area contributed by atoms with E-state index in [9.17, 15) is 0 Å². The van der Waals surface area contributed by atoms with E-state index in [1.165, 1.54) is 71.1 Å². The van der Waals surface area contributed by atoms with E-state index in [2.05, 4.69) is 54.7 Å². The van der Waals surface area contributed by atoms with Crippen molar-refractivity contribution < 1.29 is 0 Å². The van der Waals surface area contributed by atoms with Gasteiger partial charge in [-0.25, -0.2) is 0 Å². The first-order valence-corrected chi connectivity index (χ1v) is 11.2. The lowest BCUT2D eigenvalue weighted by Crippen LogP contribution is -2.46. The van der Waals surface area contributed by atoms with Gasteiger partial charge in [0.2, 0.25) is 0 Å². The van der Waals surface area contributed by atoms with E-state index in [0.717, 1.165) is 30.1 Å². The Kier molecular flexibility index (Phi) is 5.42. The van der Waals surface area contributed by atoms with Crippen molar-refractivity contribution in [2.24, 2.45) is 11.3 Å². The number of hydrogen-bond acceptors (Lipinski definition) is 4. The highest BCUT2D eigenvalue weighted by molar-refractivity contribution is 5.02. The highest BCUT2D eigenvalue weighted by Crippen LogP contribution is 2.45. The number of piperidine rings is 1. The molecule has 4 nitrogen and oxygen atoms in total. The Bertz CT molecular complexity index is 487. The van der Waals surface area contributed by atoms with Gasteiger partial charge in [-0.3, -0.25) is 4.90 Å². The minimum atomic E-state index is 0.629. The maximum atomic E-state index is 2.78. The summed E-state index contributed by atoms with van der Waals surface area (Å²) in [5, 5.41) is 0. The van der Waals surface area contributed by atoms with Crippen molar-refractivity contribution in [2.45, 2.75) is 76.0 Å². The van der Waals surface area contributed by atoms with Crippen molar-refractivity contribution >= 4 is 0 Å². The Morgan fingerprint density at radius 3 is 2.27 bits per heavy atom. The highest BCUT2D eigenvalue weighted by atomic mass is 15.3. The van der Waals surface area contributed by atoms with E-state index in [-0.39, 0.29) is 0 Å². The van der Waals surface area contributed by atoms with Gasteiger partial charge in [-0.15, -0.1) is 0 Å². The van der Waals surface area contributed by atoms with E-state index in [1.54, 1.807) is 0 Å². The van der Waals surface area contributed by atoms with Crippen LogP contribution in [0.5, 0.6) is 0 Å². The van der Waals surface area contributed by atoms with Gasteiger partial charge in [-0.05, 0) is 97.6 Å². The molecule has 0 aromatic rings. The predicted octanol–water partition coefficient (Wildman–Crippen LogP) is 2.60. The van der Waals surface area contributed by atoms with Gasteiger partial charge in [-0.2, -0.15) is 0 Å². The predicted molar refractivity (Wildman–Crippen MR) is 110 cm³/mol. The second kappa shape index (κ2) is 7.35. The third kappa shape index (κ3) is 3.59. The fourth-order valence-corrected chi connectivity index (χ4v) is 6.94. The topological polar surface area (TPSA) is 13.0 Å². The van der Waals surface area contributed by atoms with Crippen LogP contribution in [0.2, 0.25) is 0 Å². The summed E-state index contributed by atoms with van der Waals surface area (Å²) < 4.78 is 0. The molecule has 4 fully saturated rings. The van der Waals surface area contributed by atoms with Crippen LogP contribution in [-0.2, 0) is 0 Å². The fourth-order valence-electron chi connectivity index (χ4n) is 6.94. The molecule has 4 saturated heterocycles.